The molecule has 0 N–H and O–H groups in total. The molecule has 0 saturated carbocycles. The normalized spacial score (nSPS) is 18.8. The van der Waals surface area contributed by atoms with Gasteiger partial charge in [0.15, 0.2) is 0 Å². The van der Waals surface area contributed by atoms with Crippen LogP contribution < -0.4 is 0 Å². The minimum absolute atomic E-state index is 0.174. The fourth-order valence-corrected chi connectivity index (χ4v) is 3.51. The lowest BCUT2D eigenvalue weighted by Crippen LogP contribution is -2.40. The average molecular weight is 308 g/mol. The molecule has 4 nitrogen and oxygen atoms in total. The lowest BCUT2D eigenvalue weighted by molar-refractivity contribution is 0.0242. The van der Waals surface area contributed by atoms with Gasteiger partial charge in [-0.05, 0) is 45.2 Å². The lowest BCUT2D eigenvalue weighted by atomic mass is 10.2. The van der Waals surface area contributed by atoms with Gasteiger partial charge in [-0.15, -0.1) is 0 Å². The number of hydrogen-bond donors (Lipinski definition) is 0. The van der Waals surface area contributed by atoms with Gasteiger partial charge >= 0.3 is 6.09 Å². The molecule has 0 radical (unpaired) electrons. The van der Waals surface area contributed by atoms with E-state index in [9.17, 15) is 4.79 Å². The zero-order chi connectivity index (χ0) is 15.3. The predicted molar refractivity (Wildman–Crippen MR) is 86.4 cm³/mol. The van der Waals surface area contributed by atoms with Gasteiger partial charge in [-0.25, -0.2) is 4.79 Å². The van der Waals surface area contributed by atoms with Crippen LogP contribution in [0.5, 0.6) is 0 Å². The summed E-state index contributed by atoms with van der Waals surface area (Å²) in [6.07, 6.45) is 5.64. The maximum absolute atomic E-state index is 12.2. The summed E-state index contributed by atoms with van der Waals surface area (Å²) in [7, 11) is 0. The number of amides is 1. The van der Waals surface area contributed by atoms with Crippen LogP contribution in [-0.4, -0.2) is 39.9 Å². The van der Waals surface area contributed by atoms with Gasteiger partial charge in [0.2, 0.25) is 0 Å². The highest BCUT2D eigenvalue weighted by Gasteiger charge is 2.31. The van der Waals surface area contributed by atoms with Crippen molar-refractivity contribution in [2.24, 2.45) is 0 Å². The molecule has 0 spiro atoms. The van der Waals surface area contributed by atoms with Crippen LogP contribution in [-0.2, 0) is 10.5 Å². The molecule has 2 rings (SSSR count). The fourth-order valence-electron chi connectivity index (χ4n) is 2.37. The molecule has 0 aliphatic carbocycles. The molecule has 1 amide bonds. The van der Waals surface area contributed by atoms with Gasteiger partial charge in [-0.1, -0.05) is 6.07 Å². The first kappa shape index (κ1) is 16.1. The average Bonchev–Trinajstić information content (AvgIpc) is 2.86. The quantitative estimate of drug-likeness (QED) is 0.850. The number of likely N-dealkylation sites (tertiary alicyclic amines) is 1. The van der Waals surface area contributed by atoms with Crippen molar-refractivity contribution in [3.05, 3.63) is 30.1 Å². The standard InChI is InChI=1S/C16H24N2O2S/c1-16(2,3)20-15(19)18-9-5-7-14(18)12-21-11-13-6-4-8-17-10-13/h4,6,8,10,14H,5,7,9,11-12H2,1-3H3/t14-/m0/s1. The van der Waals surface area contributed by atoms with Crippen LogP contribution in [0.1, 0.15) is 39.2 Å². The minimum Gasteiger partial charge on any atom is -0.444 e. The van der Waals surface area contributed by atoms with Crippen LogP contribution in [0.3, 0.4) is 0 Å². The maximum atomic E-state index is 12.2. The lowest BCUT2D eigenvalue weighted by Gasteiger charge is -2.28. The summed E-state index contributed by atoms with van der Waals surface area (Å²) < 4.78 is 5.48. The second-order valence-electron chi connectivity index (χ2n) is 6.35. The summed E-state index contributed by atoms with van der Waals surface area (Å²) in [5.74, 6) is 1.89. The van der Waals surface area contributed by atoms with E-state index in [-0.39, 0.29) is 6.09 Å². The Balaban J connectivity index is 1.80. The van der Waals surface area contributed by atoms with Gasteiger partial charge in [0.25, 0.3) is 0 Å². The van der Waals surface area contributed by atoms with Crippen molar-refractivity contribution in [3.63, 3.8) is 0 Å². The van der Waals surface area contributed by atoms with E-state index in [1.54, 1.807) is 6.20 Å². The molecule has 5 heteroatoms. The van der Waals surface area contributed by atoms with Crippen LogP contribution in [0.15, 0.2) is 24.5 Å². The predicted octanol–water partition coefficient (Wildman–Crippen LogP) is 3.71. The van der Waals surface area contributed by atoms with Gasteiger partial charge < -0.3 is 9.64 Å². The molecular weight excluding hydrogens is 284 g/mol. The molecule has 0 aromatic carbocycles. The number of hydrogen-bond acceptors (Lipinski definition) is 4. The number of rotatable bonds is 4. The molecule has 116 valence electrons. The zero-order valence-electron chi connectivity index (χ0n) is 13.0. The third-order valence-corrected chi connectivity index (χ3v) is 4.46. The second kappa shape index (κ2) is 7.16. The molecule has 21 heavy (non-hydrogen) atoms. The monoisotopic (exact) mass is 308 g/mol. The van der Waals surface area contributed by atoms with E-state index in [1.165, 1.54) is 5.56 Å². The van der Waals surface area contributed by atoms with E-state index in [1.807, 2.05) is 49.7 Å². The number of aromatic nitrogens is 1. The van der Waals surface area contributed by atoms with Crippen LogP contribution in [0.25, 0.3) is 0 Å². The molecule has 1 aliphatic rings. The number of ether oxygens (including phenoxy) is 1. The molecule has 1 aliphatic heterocycles. The highest BCUT2D eigenvalue weighted by atomic mass is 32.2. The zero-order valence-corrected chi connectivity index (χ0v) is 13.9. The molecule has 1 atom stereocenters. The Bertz CT molecular complexity index is 459. The molecule has 0 bridgehead atoms. The highest BCUT2D eigenvalue weighted by Crippen LogP contribution is 2.25. The van der Waals surface area contributed by atoms with Crippen LogP contribution >= 0.6 is 11.8 Å². The van der Waals surface area contributed by atoms with Gasteiger partial charge in [0.1, 0.15) is 5.60 Å². The molecule has 1 fully saturated rings. The largest absolute Gasteiger partial charge is 0.444 e. The van der Waals surface area contributed by atoms with Crippen molar-refractivity contribution < 1.29 is 9.53 Å². The topological polar surface area (TPSA) is 42.4 Å². The maximum Gasteiger partial charge on any atom is 0.410 e. The van der Waals surface area contributed by atoms with Gasteiger partial charge in [-0.2, -0.15) is 11.8 Å². The van der Waals surface area contributed by atoms with Gasteiger partial charge in [0, 0.05) is 36.5 Å². The summed E-state index contributed by atoms with van der Waals surface area (Å²) in [4.78, 5) is 18.2. The van der Waals surface area contributed by atoms with Crippen molar-refractivity contribution in [1.29, 1.82) is 0 Å². The summed E-state index contributed by atoms with van der Waals surface area (Å²) in [5, 5.41) is 0. The number of pyridine rings is 1. The van der Waals surface area contributed by atoms with Crippen LogP contribution in [0, 0.1) is 0 Å². The Labute approximate surface area is 131 Å². The molecule has 1 aromatic rings. The first-order chi connectivity index (χ1) is 9.96. The van der Waals surface area contributed by atoms with E-state index in [0.29, 0.717) is 6.04 Å². The van der Waals surface area contributed by atoms with Gasteiger partial charge in [-0.3, -0.25) is 4.98 Å². The van der Waals surface area contributed by atoms with Gasteiger partial charge in [0.05, 0.1) is 0 Å². The number of nitrogens with zero attached hydrogens (tertiary/aromatic N) is 2. The molecule has 0 unspecified atom stereocenters. The van der Waals surface area contributed by atoms with E-state index in [2.05, 4.69) is 11.1 Å². The van der Waals surface area contributed by atoms with E-state index < -0.39 is 5.60 Å². The molecule has 1 aromatic heterocycles. The van der Waals surface area contributed by atoms with Crippen molar-refractivity contribution in [2.75, 3.05) is 12.3 Å². The van der Waals surface area contributed by atoms with Crippen molar-refractivity contribution in [3.8, 4) is 0 Å². The van der Waals surface area contributed by atoms with E-state index >= 15 is 0 Å². The van der Waals surface area contributed by atoms with E-state index in [0.717, 1.165) is 30.9 Å². The number of carbonyl (C=O) groups is 1. The SMILES string of the molecule is CC(C)(C)OC(=O)N1CCC[C@H]1CSCc1cccnc1. The Kier molecular flexibility index (Phi) is 5.51. The Morgan fingerprint density at radius 2 is 2.33 bits per heavy atom. The third-order valence-electron chi connectivity index (χ3n) is 3.31. The Morgan fingerprint density at radius 3 is 3.00 bits per heavy atom. The minimum atomic E-state index is -0.424. The second-order valence-corrected chi connectivity index (χ2v) is 7.38. The van der Waals surface area contributed by atoms with Crippen molar-refractivity contribution >= 4 is 17.9 Å². The smallest absolute Gasteiger partial charge is 0.410 e. The van der Waals surface area contributed by atoms with Crippen molar-refractivity contribution in [2.45, 2.75) is 51.0 Å². The molecular formula is C16H24N2O2S. The summed E-state index contributed by atoms with van der Waals surface area (Å²) in [5.41, 5.74) is 0.803. The molecule has 1 saturated heterocycles. The van der Waals surface area contributed by atoms with Crippen LogP contribution in [0.2, 0.25) is 0 Å². The first-order valence-corrected chi connectivity index (χ1v) is 8.57. The summed E-state index contributed by atoms with van der Waals surface area (Å²) in [6.45, 7) is 6.54. The summed E-state index contributed by atoms with van der Waals surface area (Å²) >= 11 is 1.85. The number of carbonyl (C=O) groups excluding carboxylic acids is 1. The number of thioether (sulfide) groups is 1. The summed E-state index contributed by atoms with van der Waals surface area (Å²) in [6, 6.07) is 4.33. The van der Waals surface area contributed by atoms with E-state index in [4.69, 9.17) is 4.74 Å². The first-order valence-electron chi connectivity index (χ1n) is 7.42. The molecule has 2 heterocycles. The highest BCUT2D eigenvalue weighted by molar-refractivity contribution is 7.98. The Morgan fingerprint density at radius 1 is 1.52 bits per heavy atom. The fraction of sp³-hybridized carbons (Fsp3) is 0.625. The Hall–Kier alpha value is -1.23. The third kappa shape index (κ3) is 5.23. The van der Waals surface area contributed by atoms with Crippen LogP contribution in [0.4, 0.5) is 4.79 Å². The van der Waals surface area contributed by atoms with Crippen molar-refractivity contribution in [1.82, 2.24) is 9.88 Å².